The van der Waals surface area contributed by atoms with E-state index in [2.05, 4.69) is 0 Å². The van der Waals surface area contributed by atoms with Crippen LogP contribution in [0.15, 0.2) is 109 Å². The van der Waals surface area contributed by atoms with Crippen molar-refractivity contribution in [1.29, 1.82) is 0 Å². The molecule has 0 radical (unpaired) electrons. The quantitative estimate of drug-likeness (QED) is 0.102. The van der Waals surface area contributed by atoms with Crippen LogP contribution in [0.5, 0.6) is 0 Å². The van der Waals surface area contributed by atoms with Crippen molar-refractivity contribution in [3.05, 3.63) is 126 Å². The van der Waals surface area contributed by atoms with Crippen molar-refractivity contribution in [3.8, 4) is 0 Å². The number of halogens is 1. The molecule has 0 bridgehead atoms. The van der Waals surface area contributed by atoms with Gasteiger partial charge in [0.2, 0.25) is 20.7 Å². The van der Waals surface area contributed by atoms with Crippen LogP contribution in [0.3, 0.4) is 0 Å². The van der Waals surface area contributed by atoms with E-state index in [1.807, 2.05) is 116 Å². The lowest BCUT2D eigenvalue weighted by Crippen LogP contribution is -2.45. The molecule has 0 unspecified atom stereocenters. The Hall–Kier alpha value is -4.64. The van der Waals surface area contributed by atoms with Crippen LogP contribution in [0.25, 0.3) is 0 Å². The van der Waals surface area contributed by atoms with Crippen LogP contribution >= 0.6 is 0 Å². The first kappa shape index (κ1) is 34.2. The number of nitrogens with zero attached hydrogens (tertiary/aromatic N) is 3. The van der Waals surface area contributed by atoms with Crippen molar-refractivity contribution in [2.75, 3.05) is 23.0 Å². The molecule has 254 valence electrons. The third-order valence-corrected chi connectivity index (χ3v) is 12.3. The molecule has 4 aromatic rings. The fourth-order valence-corrected chi connectivity index (χ4v) is 10.2. The zero-order valence-electron chi connectivity index (χ0n) is 28.0. The Morgan fingerprint density at radius 1 is 0.939 bits per heavy atom. The van der Waals surface area contributed by atoms with E-state index in [4.69, 9.17) is 4.74 Å². The molecule has 0 aromatic heterocycles. The van der Waals surface area contributed by atoms with Gasteiger partial charge in [0.1, 0.15) is 0 Å². The Morgan fingerprint density at radius 3 is 2.24 bits per heavy atom. The van der Waals surface area contributed by atoms with Gasteiger partial charge in [-0.25, -0.2) is 0 Å². The molecular formula is C39H42FN3O5Si. The number of hydrogen-bond donors (Lipinski definition) is 1. The molecule has 4 aromatic carbocycles. The molecule has 6 rings (SSSR count). The molecule has 49 heavy (non-hydrogen) atoms. The first-order valence-electron chi connectivity index (χ1n) is 16.7. The molecule has 1 spiro atoms. The molecule has 1 N–H and O–H groups in total. The van der Waals surface area contributed by atoms with E-state index in [1.54, 1.807) is 27.8 Å². The number of aliphatic hydroxyl groups is 1. The second kappa shape index (κ2) is 14.1. The van der Waals surface area contributed by atoms with Gasteiger partial charge in [0, 0.05) is 41.5 Å². The lowest BCUT2D eigenvalue weighted by molar-refractivity contribution is -0.150. The average Bonchev–Trinajstić information content (AvgIpc) is 3.52. The molecule has 0 aliphatic carbocycles. The van der Waals surface area contributed by atoms with Crippen molar-refractivity contribution < 1.29 is 28.3 Å². The van der Waals surface area contributed by atoms with Gasteiger partial charge < -0.3 is 23.8 Å². The minimum absolute atomic E-state index is 0.109. The molecule has 0 saturated carbocycles. The number of para-hydroxylation sites is 2. The number of fused-ring (bicyclic) bond motifs is 2. The fraction of sp³-hybridized carbons (Fsp3) is 0.308. The summed E-state index contributed by atoms with van der Waals surface area (Å²) in [6, 6.07) is 33.7. The van der Waals surface area contributed by atoms with Gasteiger partial charge in [0.05, 0.1) is 31.4 Å². The van der Waals surface area contributed by atoms with Crippen molar-refractivity contribution in [2.45, 2.75) is 56.8 Å². The van der Waals surface area contributed by atoms with Gasteiger partial charge >= 0.3 is 0 Å². The summed E-state index contributed by atoms with van der Waals surface area (Å²) in [5.74, 6) is -1.11. The standard InChI is InChI=1S/C39H42FN3O5Si/c1-28-37(49(2,3)40)35(24-36(46)41(21-22-44)25-29-13-6-4-7-14-29)48-39(28)33-19-10-11-20-34(33)42(38(39)47)26-30-15-12-18-32(23-30)43(27-45)31-16-8-5-9-17-31/h4-20,23,27-28,35,37,44H,21-22,24-26H2,1-3H3/t28-,35+,37-,39+/m1/s1. The maximum absolute atomic E-state index is 16.4. The van der Waals surface area contributed by atoms with Crippen LogP contribution in [0, 0.1) is 5.92 Å². The van der Waals surface area contributed by atoms with Crippen LogP contribution in [0.2, 0.25) is 18.6 Å². The largest absolute Gasteiger partial charge is 0.395 e. The van der Waals surface area contributed by atoms with Crippen LogP contribution < -0.4 is 9.80 Å². The number of anilines is 3. The van der Waals surface area contributed by atoms with Crippen molar-refractivity contribution in [3.63, 3.8) is 0 Å². The lowest BCUT2D eigenvalue weighted by Gasteiger charge is -2.31. The van der Waals surface area contributed by atoms with E-state index in [1.165, 1.54) is 0 Å². The molecule has 4 atom stereocenters. The fourth-order valence-electron chi connectivity index (χ4n) is 7.72. The first-order chi connectivity index (χ1) is 23.6. The van der Waals surface area contributed by atoms with Crippen LogP contribution in [0.1, 0.15) is 30.0 Å². The summed E-state index contributed by atoms with van der Waals surface area (Å²) in [6.07, 6.45) is -0.180. The van der Waals surface area contributed by atoms with Gasteiger partial charge in [-0.1, -0.05) is 85.8 Å². The Labute approximate surface area is 287 Å². The van der Waals surface area contributed by atoms with E-state index in [9.17, 15) is 19.5 Å². The normalized spacial score (nSPS) is 21.5. The van der Waals surface area contributed by atoms with Crippen LogP contribution in [-0.2, 0) is 37.8 Å². The van der Waals surface area contributed by atoms with Gasteiger partial charge in [-0.15, -0.1) is 0 Å². The summed E-state index contributed by atoms with van der Waals surface area (Å²) in [7, 11) is -3.50. The summed E-state index contributed by atoms with van der Waals surface area (Å²) in [4.78, 5) is 45.6. The Kier molecular flexibility index (Phi) is 9.83. The molecule has 10 heteroatoms. The Morgan fingerprint density at radius 2 is 1.57 bits per heavy atom. The molecular weight excluding hydrogens is 638 g/mol. The SMILES string of the molecule is C[C@@H]1[C@@H]([Si](C)(C)F)[C@H](CC(=O)N(CCO)Cc2ccccc2)O[C@@]12C(=O)N(Cc1cccc(N(C=O)c3ccccc3)c1)c1ccccc12. The summed E-state index contributed by atoms with van der Waals surface area (Å²) in [6.45, 7) is 5.52. The second-order valence-corrected chi connectivity index (χ2v) is 17.2. The molecule has 2 heterocycles. The smallest absolute Gasteiger partial charge is 0.264 e. The predicted octanol–water partition coefficient (Wildman–Crippen LogP) is 6.71. The summed E-state index contributed by atoms with van der Waals surface area (Å²) in [5, 5.41) is 9.78. The number of amides is 3. The van der Waals surface area contributed by atoms with E-state index in [0.29, 0.717) is 23.5 Å². The van der Waals surface area contributed by atoms with Gasteiger partial charge in [-0.3, -0.25) is 19.3 Å². The predicted molar refractivity (Wildman–Crippen MR) is 190 cm³/mol. The lowest BCUT2D eigenvalue weighted by atomic mass is 9.82. The minimum Gasteiger partial charge on any atom is -0.395 e. The maximum Gasteiger partial charge on any atom is 0.264 e. The monoisotopic (exact) mass is 679 g/mol. The zero-order chi connectivity index (χ0) is 34.8. The van der Waals surface area contributed by atoms with Gasteiger partial charge in [-0.05, 0) is 54.6 Å². The molecule has 3 amide bonds. The number of benzene rings is 4. The van der Waals surface area contributed by atoms with Gasteiger partial charge in [0.15, 0.2) is 5.60 Å². The third-order valence-electron chi connectivity index (χ3n) is 9.85. The third kappa shape index (κ3) is 6.56. The van der Waals surface area contributed by atoms with Gasteiger partial charge in [0.25, 0.3) is 5.91 Å². The minimum atomic E-state index is -3.50. The summed E-state index contributed by atoms with van der Waals surface area (Å²) < 4.78 is 23.1. The number of carbonyl (C=O) groups excluding carboxylic acids is 3. The highest BCUT2D eigenvalue weighted by Gasteiger charge is 2.67. The van der Waals surface area contributed by atoms with E-state index in [0.717, 1.165) is 23.2 Å². The number of ether oxygens (including phenoxy) is 1. The zero-order valence-corrected chi connectivity index (χ0v) is 29.0. The maximum atomic E-state index is 16.4. The highest BCUT2D eigenvalue weighted by atomic mass is 28.4. The molecule has 1 saturated heterocycles. The van der Waals surface area contributed by atoms with Crippen LogP contribution in [-0.4, -0.2) is 55.9 Å². The van der Waals surface area contributed by atoms with Crippen molar-refractivity contribution >= 4 is 43.7 Å². The number of aliphatic hydroxyl groups excluding tert-OH is 1. The molecule has 8 nitrogen and oxygen atoms in total. The van der Waals surface area contributed by atoms with E-state index >= 15 is 4.11 Å². The second-order valence-electron chi connectivity index (χ2n) is 13.4. The molecule has 2 aliphatic heterocycles. The summed E-state index contributed by atoms with van der Waals surface area (Å²) in [5.41, 5.74) is 2.32. The number of rotatable bonds is 12. The molecule has 1 fully saturated rings. The Bertz CT molecular complexity index is 1800. The van der Waals surface area contributed by atoms with E-state index in [-0.39, 0.29) is 37.9 Å². The van der Waals surface area contributed by atoms with Gasteiger partial charge in [-0.2, -0.15) is 0 Å². The van der Waals surface area contributed by atoms with E-state index < -0.39 is 31.6 Å². The first-order valence-corrected chi connectivity index (χ1v) is 19.6. The molecule has 2 aliphatic rings. The highest BCUT2D eigenvalue weighted by Crippen LogP contribution is 2.60. The average molecular weight is 680 g/mol. The number of carbonyl (C=O) groups is 3. The van der Waals surface area contributed by atoms with Crippen LogP contribution in [0.4, 0.5) is 21.2 Å². The Balaban J connectivity index is 1.31. The van der Waals surface area contributed by atoms with Crippen molar-refractivity contribution in [2.24, 2.45) is 5.92 Å². The summed E-state index contributed by atoms with van der Waals surface area (Å²) >= 11 is 0. The van der Waals surface area contributed by atoms with Crippen molar-refractivity contribution in [1.82, 2.24) is 4.90 Å². The highest BCUT2D eigenvalue weighted by molar-refractivity contribution is 6.72. The topological polar surface area (TPSA) is 90.4 Å². The number of hydrogen-bond acceptors (Lipinski definition) is 5.